The Hall–Kier alpha value is -1.73. The molecule has 0 aliphatic heterocycles. The lowest BCUT2D eigenvalue weighted by molar-refractivity contribution is 0.0309. The maximum absolute atomic E-state index is 12.2. The number of nitrogens with one attached hydrogen (secondary N) is 1. The standard InChI is InChI=1S/C18H23NO4S/c1-15-7-9-17(10-8-15)18(23-12-11-20)13-19-24(21,22)14-16-5-3-2-4-6-16/h2-10,18-20H,11-14H2,1H3. The molecule has 1 unspecified atom stereocenters. The minimum Gasteiger partial charge on any atom is -0.394 e. The van der Waals surface area contributed by atoms with E-state index in [2.05, 4.69) is 4.72 Å². The van der Waals surface area contributed by atoms with Crippen molar-refractivity contribution in [1.82, 2.24) is 4.72 Å². The summed E-state index contributed by atoms with van der Waals surface area (Å²) >= 11 is 0. The average Bonchev–Trinajstić information content (AvgIpc) is 2.56. The van der Waals surface area contributed by atoms with Gasteiger partial charge < -0.3 is 9.84 Å². The van der Waals surface area contributed by atoms with Crippen LogP contribution in [0.25, 0.3) is 0 Å². The third-order valence-corrected chi connectivity index (χ3v) is 4.87. The van der Waals surface area contributed by atoms with E-state index in [1.807, 2.05) is 49.4 Å². The molecule has 24 heavy (non-hydrogen) atoms. The second kappa shape index (κ2) is 8.94. The first-order valence-electron chi connectivity index (χ1n) is 7.80. The van der Waals surface area contributed by atoms with Gasteiger partial charge in [-0.15, -0.1) is 0 Å². The van der Waals surface area contributed by atoms with Crippen LogP contribution in [0, 0.1) is 6.92 Å². The molecule has 0 radical (unpaired) electrons. The summed E-state index contributed by atoms with van der Waals surface area (Å²) in [5, 5.41) is 8.97. The molecule has 0 heterocycles. The van der Waals surface area contributed by atoms with Crippen LogP contribution in [0.4, 0.5) is 0 Å². The fourth-order valence-corrected chi connectivity index (χ4v) is 3.44. The summed E-state index contributed by atoms with van der Waals surface area (Å²) < 4.78 is 32.7. The van der Waals surface area contributed by atoms with Crippen LogP contribution in [0.2, 0.25) is 0 Å². The Kier molecular flexibility index (Phi) is 6.93. The molecule has 0 saturated carbocycles. The first kappa shape index (κ1) is 18.6. The predicted octanol–water partition coefficient (Wildman–Crippen LogP) is 2.16. The van der Waals surface area contributed by atoms with Gasteiger partial charge in [0.15, 0.2) is 0 Å². The number of hydrogen-bond acceptors (Lipinski definition) is 4. The molecule has 2 aromatic rings. The lowest BCUT2D eigenvalue weighted by atomic mass is 10.1. The summed E-state index contributed by atoms with van der Waals surface area (Å²) in [6.45, 7) is 2.15. The Morgan fingerprint density at radius 2 is 1.75 bits per heavy atom. The first-order valence-corrected chi connectivity index (χ1v) is 9.46. The third-order valence-electron chi connectivity index (χ3n) is 3.55. The number of hydrogen-bond donors (Lipinski definition) is 2. The normalized spacial score (nSPS) is 12.9. The molecule has 0 bridgehead atoms. The van der Waals surface area contributed by atoms with Crippen LogP contribution in [0.5, 0.6) is 0 Å². The van der Waals surface area contributed by atoms with Gasteiger partial charge in [-0.25, -0.2) is 13.1 Å². The average molecular weight is 349 g/mol. The second-order valence-corrected chi connectivity index (χ2v) is 7.39. The topological polar surface area (TPSA) is 75.6 Å². The third kappa shape index (κ3) is 6.05. The van der Waals surface area contributed by atoms with Crippen molar-refractivity contribution < 1.29 is 18.3 Å². The molecule has 0 saturated heterocycles. The van der Waals surface area contributed by atoms with Crippen molar-refractivity contribution in [3.05, 3.63) is 71.3 Å². The van der Waals surface area contributed by atoms with E-state index in [0.717, 1.165) is 16.7 Å². The van der Waals surface area contributed by atoms with Crippen LogP contribution in [-0.2, 0) is 20.5 Å². The highest BCUT2D eigenvalue weighted by Crippen LogP contribution is 2.18. The molecule has 1 atom stereocenters. The summed E-state index contributed by atoms with van der Waals surface area (Å²) in [4.78, 5) is 0. The Morgan fingerprint density at radius 3 is 2.38 bits per heavy atom. The number of aliphatic hydroxyl groups excluding tert-OH is 1. The fourth-order valence-electron chi connectivity index (χ4n) is 2.30. The molecule has 0 aromatic heterocycles. The molecular weight excluding hydrogens is 326 g/mol. The Labute approximate surface area is 143 Å². The van der Waals surface area contributed by atoms with Gasteiger partial charge in [0.1, 0.15) is 0 Å². The van der Waals surface area contributed by atoms with Gasteiger partial charge in [0.25, 0.3) is 0 Å². The van der Waals surface area contributed by atoms with Gasteiger partial charge in [-0.3, -0.25) is 0 Å². The summed E-state index contributed by atoms with van der Waals surface area (Å²) in [7, 11) is -3.46. The molecule has 6 heteroatoms. The molecule has 2 rings (SSSR count). The van der Waals surface area contributed by atoms with Crippen molar-refractivity contribution in [1.29, 1.82) is 0 Å². The lowest BCUT2D eigenvalue weighted by Gasteiger charge is -2.19. The molecule has 0 spiro atoms. The highest BCUT2D eigenvalue weighted by atomic mass is 32.2. The van der Waals surface area contributed by atoms with Crippen LogP contribution < -0.4 is 4.72 Å². The van der Waals surface area contributed by atoms with Gasteiger partial charge in [0, 0.05) is 6.54 Å². The molecular formula is C18H23NO4S. The van der Waals surface area contributed by atoms with Crippen LogP contribution >= 0.6 is 0 Å². The van der Waals surface area contributed by atoms with E-state index in [1.165, 1.54) is 0 Å². The van der Waals surface area contributed by atoms with E-state index in [9.17, 15) is 8.42 Å². The van der Waals surface area contributed by atoms with Crippen LogP contribution in [0.15, 0.2) is 54.6 Å². The molecule has 5 nitrogen and oxygen atoms in total. The summed E-state index contributed by atoms with van der Waals surface area (Å²) in [5.74, 6) is -0.0749. The van der Waals surface area contributed by atoms with Crippen molar-refractivity contribution in [2.45, 2.75) is 18.8 Å². The van der Waals surface area contributed by atoms with Crippen molar-refractivity contribution in [3.8, 4) is 0 Å². The van der Waals surface area contributed by atoms with Crippen molar-refractivity contribution >= 4 is 10.0 Å². The van der Waals surface area contributed by atoms with E-state index >= 15 is 0 Å². The Balaban J connectivity index is 2.02. The number of rotatable bonds is 9. The SMILES string of the molecule is Cc1ccc(C(CNS(=O)(=O)Cc2ccccc2)OCCO)cc1. The summed E-state index contributed by atoms with van der Waals surface area (Å²) in [6.07, 6.45) is -0.441. The van der Waals surface area contributed by atoms with E-state index in [0.29, 0.717) is 0 Å². The minimum absolute atomic E-state index is 0.0749. The van der Waals surface area contributed by atoms with E-state index in [4.69, 9.17) is 9.84 Å². The van der Waals surface area contributed by atoms with E-state index < -0.39 is 16.1 Å². The van der Waals surface area contributed by atoms with Gasteiger partial charge in [-0.1, -0.05) is 60.2 Å². The molecule has 0 amide bonds. The molecule has 0 fully saturated rings. The smallest absolute Gasteiger partial charge is 0.215 e. The van der Waals surface area contributed by atoms with Gasteiger partial charge in [0.2, 0.25) is 10.0 Å². The van der Waals surface area contributed by atoms with Crippen LogP contribution in [-0.4, -0.2) is 33.3 Å². The Morgan fingerprint density at radius 1 is 1.08 bits per heavy atom. The molecule has 2 aromatic carbocycles. The van der Waals surface area contributed by atoms with E-state index in [1.54, 1.807) is 12.1 Å². The van der Waals surface area contributed by atoms with Crippen LogP contribution in [0.3, 0.4) is 0 Å². The summed E-state index contributed by atoms with van der Waals surface area (Å²) in [6, 6.07) is 16.7. The zero-order valence-corrected chi connectivity index (χ0v) is 14.5. The highest BCUT2D eigenvalue weighted by Gasteiger charge is 2.17. The van der Waals surface area contributed by atoms with Crippen molar-refractivity contribution in [2.75, 3.05) is 19.8 Å². The van der Waals surface area contributed by atoms with Gasteiger partial charge in [-0.05, 0) is 18.1 Å². The van der Waals surface area contributed by atoms with E-state index in [-0.39, 0.29) is 25.5 Å². The summed E-state index contributed by atoms with van der Waals surface area (Å²) in [5.41, 5.74) is 2.72. The molecule has 130 valence electrons. The number of ether oxygens (including phenoxy) is 1. The van der Waals surface area contributed by atoms with Crippen LogP contribution in [0.1, 0.15) is 22.8 Å². The number of aliphatic hydroxyl groups is 1. The monoisotopic (exact) mass is 349 g/mol. The molecule has 2 N–H and O–H groups in total. The molecule has 0 aliphatic carbocycles. The number of benzene rings is 2. The zero-order chi connectivity index (χ0) is 17.4. The minimum atomic E-state index is -3.46. The van der Waals surface area contributed by atoms with Gasteiger partial charge in [0.05, 0.1) is 25.1 Å². The van der Waals surface area contributed by atoms with Gasteiger partial charge >= 0.3 is 0 Å². The number of aryl methyl sites for hydroxylation is 1. The quantitative estimate of drug-likeness (QED) is 0.727. The number of sulfonamides is 1. The maximum Gasteiger partial charge on any atom is 0.215 e. The van der Waals surface area contributed by atoms with Crippen molar-refractivity contribution in [3.63, 3.8) is 0 Å². The van der Waals surface area contributed by atoms with Gasteiger partial charge in [-0.2, -0.15) is 0 Å². The second-order valence-electron chi connectivity index (χ2n) is 5.59. The predicted molar refractivity (Wildman–Crippen MR) is 94.0 cm³/mol. The first-order chi connectivity index (χ1) is 11.5. The maximum atomic E-state index is 12.2. The lowest BCUT2D eigenvalue weighted by Crippen LogP contribution is -2.31. The Bertz CT molecular complexity index is 714. The molecule has 0 aliphatic rings. The van der Waals surface area contributed by atoms with Crippen molar-refractivity contribution in [2.24, 2.45) is 0 Å². The highest BCUT2D eigenvalue weighted by molar-refractivity contribution is 7.88. The zero-order valence-electron chi connectivity index (χ0n) is 13.7. The fraction of sp³-hybridized carbons (Fsp3) is 0.333. The largest absolute Gasteiger partial charge is 0.394 e.